The highest BCUT2D eigenvalue weighted by atomic mass is 16.5. The number of nitrogens with one attached hydrogen (secondary N) is 2. The lowest BCUT2D eigenvalue weighted by Crippen LogP contribution is -2.05. The summed E-state index contributed by atoms with van der Waals surface area (Å²) >= 11 is 0. The maximum Gasteiger partial charge on any atom is 0.151 e. The van der Waals surface area contributed by atoms with E-state index in [4.69, 9.17) is 4.74 Å². The van der Waals surface area contributed by atoms with Crippen LogP contribution in [0.15, 0.2) is 30.6 Å². The lowest BCUT2D eigenvalue weighted by Gasteiger charge is -2.12. The Kier molecular flexibility index (Phi) is 4.94. The van der Waals surface area contributed by atoms with Gasteiger partial charge in [-0.1, -0.05) is 13.0 Å². The minimum absolute atomic E-state index is 0.489. The molecule has 6 heteroatoms. The van der Waals surface area contributed by atoms with Gasteiger partial charge >= 0.3 is 0 Å². The molecule has 1 heterocycles. The second kappa shape index (κ2) is 7.10. The highest BCUT2D eigenvalue weighted by Gasteiger charge is 2.10. The van der Waals surface area contributed by atoms with Crippen LogP contribution >= 0.6 is 0 Å². The van der Waals surface area contributed by atoms with Crippen molar-refractivity contribution in [1.82, 2.24) is 9.97 Å². The molecule has 108 valence electrons. The number of hydrogen-bond acceptors (Lipinski definition) is 6. The van der Waals surface area contributed by atoms with E-state index in [1.54, 1.807) is 37.7 Å². The van der Waals surface area contributed by atoms with Gasteiger partial charge in [0.1, 0.15) is 23.3 Å². The van der Waals surface area contributed by atoms with Gasteiger partial charge in [-0.25, -0.2) is 4.98 Å². The number of rotatable bonds is 6. The van der Waals surface area contributed by atoms with Gasteiger partial charge in [-0.3, -0.25) is 4.98 Å². The summed E-state index contributed by atoms with van der Waals surface area (Å²) < 4.78 is 5.28. The highest BCUT2D eigenvalue weighted by molar-refractivity contribution is 5.71. The number of aromatic nitrogens is 2. The number of ether oxygens (including phenoxy) is 1. The Hall–Kier alpha value is -2.81. The molecule has 0 saturated carbocycles. The van der Waals surface area contributed by atoms with E-state index in [1.807, 2.05) is 0 Å². The number of nitriles is 1. The molecule has 2 N–H and O–H groups in total. The molecule has 0 atom stereocenters. The fraction of sp³-hybridized carbons (Fsp3) is 0.267. The van der Waals surface area contributed by atoms with Crippen molar-refractivity contribution in [1.29, 1.82) is 5.26 Å². The summed E-state index contributed by atoms with van der Waals surface area (Å²) in [6.45, 7) is 2.91. The molecule has 2 aromatic rings. The first-order valence-electron chi connectivity index (χ1n) is 6.68. The molecule has 6 nitrogen and oxygen atoms in total. The van der Waals surface area contributed by atoms with Gasteiger partial charge in [0, 0.05) is 6.54 Å². The van der Waals surface area contributed by atoms with Crippen LogP contribution in [0.25, 0.3) is 0 Å². The van der Waals surface area contributed by atoms with Gasteiger partial charge in [0.05, 0.1) is 25.1 Å². The Morgan fingerprint density at radius 2 is 2.10 bits per heavy atom. The molecule has 2 rings (SSSR count). The maximum absolute atomic E-state index is 9.19. The molecule has 1 aromatic carbocycles. The number of nitrogens with zero attached hydrogens (tertiary/aromatic N) is 3. The zero-order valence-corrected chi connectivity index (χ0v) is 12.1. The number of hydrogen-bond donors (Lipinski definition) is 2. The van der Waals surface area contributed by atoms with E-state index in [9.17, 15) is 5.26 Å². The molecule has 0 saturated heterocycles. The Morgan fingerprint density at radius 3 is 2.81 bits per heavy atom. The van der Waals surface area contributed by atoms with Gasteiger partial charge in [0.25, 0.3) is 0 Å². The summed E-state index contributed by atoms with van der Waals surface area (Å²) in [5.41, 5.74) is 1.08. The van der Waals surface area contributed by atoms with Crippen LogP contribution in [-0.4, -0.2) is 23.6 Å². The predicted molar refractivity (Wildman–Crippen MR) is 81.8 cm³/mol. The van der Waals surface area contributed by atoms with Crippen molar-refractivity contribution < 1.29 is 4.74 Å². The van der Waals surface area contributed by atoms with E-state index >= 15 is 0 Å². The summed E-state index contributed by atoms with van der Waals surface area (Å²) in [6, 6.07) is 7.41. The Labute approximate surface area is 123 Å². The van der Waals surface area contributed by atoms with Crippen molar-refractivity contribution in [2.75, 3.05) is 24.3 Å². The van der Waals surface area contributed by atoms with Crippen molar-refractivity contribution in [3.05, 3.63) is 36.2 Å². The Balaban J connectivity index is 2.28. The normalized spacial score (nSPS) is 9.76. The van der Waals surface area contributed by atoms with Crippen molar-refractivity contribution in [2.24, 2.45) is 0 Å². The molecule has 0 amide bonds. The third kappa shape index (κ3) is 3.60. The standard InChI is InChI=1S/C15H17N5O/c1-3-7-18-13-9-17-10-14(19-13)20-15-11(8-16)5-4-6-12(15)21-2/h4-6,9-10H,3,7H2,1-2H3,(H2,18,19,20). The van der Waals surface area contributed by atoms with Crippen molar-refractivity contribution in [2.45, 2.75) is 13.3 Å². The van der Waals surface area contributed by atoms with Crippen molar-refractivity contribution in [3.63, 3.8) is 0 Å². The Bertz CT molecular complexity index is 651. The predicted octanol–water partition coefficient (Wildman–Crippen LogP) is 2.92. The SMILES string of the molecule is CCCNc1cncc(Nc2c(C#N)cccc2OC)n1. The third-order valence-electron chi connectivity index (χ3n) is 2.81. The molecule has 0 bridgehead atoms. The lowest BCUT2D eigenvalue weighted by atomic mass is 10.2. The summed E-state index contributed by atoms with van der Waals surface area (Å²) in [6.07, 6.45) is 4.27. The molecule has 1 aromatic heterocycles. The molecular formula is C15H17N5O. The van der Waals surface area contributed by atoms with Crippen LogP contribution in [0.5, 0.6) is 5.75 Å². The monoisotopic (exact) mass is 283 g/mol. The number of anilines is 3. The van der Waals surface area contributed by atoms with Gasteiger partial charge in [-0.05, 0) is 18.6 Å². The van der Waals surface area contributed by atoms with Crippen LogP contribution in [0.1, 0.15) is 18.9 Å². The van der Waals surface area contributed by atoms with Crippen LogP contribution in [0.3, 0.4) is 0 Å². The minimum Gasteiger partial charge on any atom is -0.495 e. The van der Waals surface area contributed by atoms with E-state index in [1.165, 1.54) is 0 Å². The molecule has 0 aliphatic rings. The smallest absolute Gasteiger partial charge is 0.151 e. The maximum atomic E-state index is 9.19. The molecule has 0 spiro atoms. The molecular weight excluding hydrogens is 266 g/mol. The second-order valence-corrected chi connectivity index (χ2v) is 4.34. The van der Waals surface area contributed by atoms with Crippen LogP contribution < -0.4 is 15.4 Å². The van der Waals surface area contributed by atoms with Crippen molar-refractivity contribution in [3.8, 4) is 11.8 Å². The largest absolute Gasteiger partial charge is 0.495 e. The molecule has 21 heavy (non-hydrogen) atoms. The van der Waals surface area contributed by atoms with Gasteiger partial charge in [-0.15, -0.1) is 0 Å². The van der Waals surface area contributed by atoms with E-state index < -0.39 is 0 Å². The third-order valence-corrected chi connectivity index (χ3v) is 2.81. The molecule has 0 fully saturated rings. The summed E-state index contributed by atoms with van der Waals surface area (Å²) in [7, 11) is 1.56. The first-order valence-corrected chi connectivity index (χ1v) is 6.68. The van der Waals surface area contributed by atoms with E-state index in [0.717, 1.165) is 13.0 Å². The lowest BCUT2D eigenvalue weighted by molar-refractivity contribution is 0.416. The first-order chi connectivity index (χ1) is 10.3. The van der Waals surface area contributed by atoms with Crippen molar-refractivity contribution >= 4 is 17.3 Å². The summed E-state index contributed by atoms with van der Waals surface area (Å²) in [5, 5.41) is 15.5. The van der Waals surface area contributed by atoms with Crippen LogP contribution in [0, 0.1) is 11.3 Å². The molecule has 0 unspecified atom stereocenters. The number of para-hydroxylation sites is 1. The van der Waals surface area contributed by atoms with E-state index in [0.29, 0.717) is 28.6 Å². The highest BCUT2D eigenvalue weighted by Crippen LogP contribution is 2.30. The molecule has 0 aliphatic heterocycles. The average molecular weight is 283 g/mol. The van der Waals surface area contributed by atoms with Gasteiger partial charge < -0.3 is 15.4 Å². The quantitative estimate of drug-likeness (QED) is 0.848. The van der Waals surface area contributed by atoms with Gasteiger partial charge in [-0.2, -0.15) is 5.26 Å². The topological polar surface area (TPSA) is 82.9 Å². The zero-order chi connectivity index (χ0) is 15.1. The molecule has 0 aliphatic carbocycles. The van der Waals surface area contributed by atoms with Crippen LogP contribution in [0.4, 0.5) is 17.3 Å². The fourth-order valence-electron chi connectivity index (χ4n) is 1.82. The first kappa shape index (κ1) is 14.6. The minimum atomic E-state index is 0.489. The van der Waals surface area contributed by atoms with Crippen LogP contribution in [0.2, 0.25) is 0 Å². The number of benzene rings is 1. The summed E-state index contributed by atoms with van der Waals surface area (Å²) in [4.78, 5) is 8.54. The van der Waals surface area contributed by atoms with E-state index in [2.05, 4.69) is 33.6 Å². The summed E-state index contributed by atoms with van der Waals surface area (Å²) in [5.74, 6) is 1.83. The van der Waals surface area contributed by atoms with Gasteiger partial charge in [0.15, 0.2) is 5.82 Å². The zero-order valence-electron chi connectivity index (χ0n) is 12.1. The second-order valence-electron chi connectivity index (χ2n) is 4.34. The van der Waals surface area contributed by atoms with Crippen LogP contribution in [-0.2, 0) is 0 Å². The van der Waals surface area contributed by atoms with E-state index in [-0.39, 0.29) is 0 Å². The fourth-order valence-corrected chi connectivity index (χ4v) is 1.82. The average Bonchev–Trinajstić information content (AvgIpc) is 2.53. The number of methoxy groups -OCH3 is 1. The Morgan fingerprint density at radius 1 is 1.29 bits per heavy atom. The molecule has 0 radical (unpaired) electrons. The van der Waals surface area contributed by atoms with Gasteiger partial charge in [0.2, 0.25) is 0 Å².